The number of furan rings is 1. The van der Waals surface area contributed by atoms with E-state index in [4.69, 9.17) is 4.42 Å². The molecule has 0 aliphatic heterocycles. The highest BCUT2D eigenvalue weighted by atomic mass is 16.3. The molecule has 0 radical (unpaired) electrons. The molecule has 0 saturated heterocycles. The maximum absolute atomic E-state index is 13.2. The number of aryl methyl sites for hydroxylation is 4. The van der Waals surface area contributed by atoms with Gasteiger partial charge in [0.1, 0.15) is 11.2 Å². The Morgan fingerprint density at radius 3 is 1.16 bits per heavy atom. The number of hydrogen-bond donors (Lipinski definition) is 0. The Labute approximate surface area is 262 Å². The van der Waals surface area contributed by atoms with Crippen LogP contribution in [0.4, 0.5) is 0 Å². The molecular weight excluding hydrogens is 552 g/mol. The molecular formula is C42H32O3. The molecule has 0 bridgehead atoms. The molecule has 7 aromatic rings. The van der Waals surface area contributed by atoms with Crippen molar-refractivity contribution in [2.24, 2.45) is 0 Å². The Morgan fingerprint density at radius 1 is 0.400 bits per heavy atom. The van der Waals surface area contributed by atoms with Gasteiger partial charge < -0.3 is 4.42 Å². The van der Waals surface area contributed by atoms with Crippen LogP contribution in [0.1, 0.15) is 54.1 Å². The molecule has 3 heteroatoms. The van der Waals surface area contributed by atoms with Gasteiger partial charge in [-0.2, -0.15) is 0 Å². The van der Waals surface area contributed by atoms with Crippen LogP contribution in [0.5, 0.6) is 0 Å². The van der Waals surface area contributed by atoms with Gasteiger partial charge in [0, 0.05) is 33.0 Å². The monoisotopic (exact) mass is 584 g/mol. The van der Waals surface area contributed by atoms with Crippen molar-refractivity contribution in [3.63, 3.8) is 0 Å². The Bertz CT molecular complexity index is 2140. The molecule has 6 aromatic carbocycles. The van der Waals surface area contributed by atoms with E-state index in [0.29, 0.717) is 11.1 Å². The molecule has 0 N–H and O–H groups in total. The Balaban J connectivity index is 1.19. The number of fused-ring (bicyclic) bond motifs is 3. The molecule has 0 unspecified atom stereocenters. The van der Waals surface area contributed by atoms with Crippen molar-refractivity contribution in [1.82, 2.24) is 0 Å². The van der Waals surface area contributed by atoms with Crippen LogP contribution in [0.25, 0.3) is 44.2 Å². The second kappa shape index (κ2) is 11.2. The van der Waals surface area contributed by atoms with Gasteiger partial charge in [0.2, 0.25) is 0 Å². The molecule has 45 heavy (non-hydrogen) atoms. The molecule has 0 aliphatic rings. The average Bonchev–Trinajstić information content (AvgIpc) is 3.41. The van der Waals surface area contributed by atoms with Crippen LogP contribution in [0.15, 0.2) is 126 Å². The fourth-order valence-electron chi connectivity index (χ4n) is 6.28. The van der Waals surface area contributed by atoms with Crippen molar-refractivity contribution in [2.75, 3.05) is 0 Å². The number of carbonyl (C=O) groups is 2. The second-order valence-electron chi connectivity index (χ2n) is 11.9. The molecule has 1 heterocycles. The summed E-state index contributed by atoms with van der Waals surface area (Å²) in [6.45, 7) is 7.91. The molecule has 0 atom stereocenters. The maximum atomic E-state index is 13.2. The van der Waals surface area contributed by atoms with Gasteiger partial charge in [-0.3, -0.25) is 9.59 Å². The molecule has 0 spiro atoms. The third-order valence-corrected chi connectivity index (χ3v) is 8.86. The first-order valence-corrected chi connectivity index (χ1v) is 15.2. The molecule has 0 fully saturated rings. The van der Waals surface area contributed by atoms with E-state index in [1.165, 1.54) is 0 Å². The quantitative estimate of drug-likeness (QED) is 0.183. The zero-order valence-electron chi connectivity index (χ0n) is 25.8. The SMILES string of the molecule is Cc1ccccc1C(=O)c1ccc(-c2ccc3c(c2)oc2cc(-c4ccc(C(=O)c5ccccc5C)c(C)c4)ccc23)cc1C. The van der Waals surface area contributed by atoms with E-state index in [1.54, 1.807) is 0 Å². The van der Waals surface area contributed by atoms with E-state index in [2.05, 4.69) is 48.5 Å². The predicted molar refractivity (Wildman–Crippen MR) is 183 cm³/mol. The lowest BCUT2D eigenvalue weighted by molar-refractivity contribution is 0.102. The largest absolute Gasteiger partial charge is 0.456 e. The first-order valence-electron chi connectivity index (χ1n) is 15.2. The van der Waals surface area contributed by atoms with E-state index in [1.807, 2.05) is 100 Å². The number of carbonyl (C=O) groups excluding carboxylic acids is 2. The molecule has 3 nitrogen and oxygen atoms in total. The minimum Gasteiger partial charge on any atom is -0.456 e. The van der Waals surface area contributed by atoms with E-state index in [9.17, 15) is 9.59 Å². The van der Waals surface area contributed by atoms with Gasteiger partial charge in [-0.25, -0.2) is 0 Å². The summed E-state index contributed by atoms with van der Waals surface area (Å²) < 4.78 is 6.39. The van der Waals surface area contributed by atoms with Gasteiger partial charge >= 0.3 is 0 Å². The summed E-state index contributed by atoms with van der Waals surface area (Å²) in [4.78, 5) is 26.5. The highest BCUT2D eigenvalue weighted by molar-refractivity contribution is 6.12. The minimum atomic E-state index is 0.0448. The van der Waals surface area contributed by atoms with E-state index < -0.39 is 0 Å². The normalized spacial score (nSPS) is 11.3. The van der Waals surface area contributed by atoms with Crippen molar-refractivity contribution in [2.45, 2.75) is 27.7 Å². The van der Waals surface area contributed by atoms with E-state index >= 15 is 0 Å². The number of rotatable bonds is 6. The molecule has 0 amide bonds. The standard InChI is InChI=1S/C42H32O3/c1-25-9-5-7-11-33(25)41(43)35-17-13-29(21-27(35)3)31-15-19-37-38-20-16-32(24-40(38)45-39(37)23-31)30-14-18-36(28(4)22-30)42(44)34-12-8-6-10-26(34)2/h5-24H,1-4H3. The third-order valence-electron chi connectivity index (χ3n) is 8.86. The van der Waals surface area contributed by atoms with E-state index in [0.717, 1.165) is 77.6 Å². The first kappa shape index (κ1) is 28.2. The number of hydrogen-bond acceptors (Lipinski definition) is 3. The van der Waals surface area contributed by atoms with Crippen LogP contribution in [0.2, 0.25) is 0 Å². The lowest BCUT2D eigenvalue weighted by Gasteiger charge is -2.10. The number of benzene rings is 6. The first-order chi connectivity index (χ1) is 21.8. The predicted octanol–water partition coefficient (Wildman–Crippen LogP) is 10.6. The Hall–Kier alpha value is -5.54. The van der Waals surface area contributed by atoms with Crippen LogP contribution in [0.3, 0.4) is 0 Å². The summed E-state index contributed by atoms with van der Waals surface area (Å²) in [6.07, 6.45) is 0. The maximum Gasteiger partial charge on any atom is 0.193 e. The van der Waals surface area contributed by atoms with Crippen LogP contribution in [0, 0.1) is 27.7 Å². The summed E-state index contributed by atoms with van der Waals surface area (Å²) in [5, 5.41) is 2.11. The summed E-state index contributed by atoms with van der Waals surface area (Å²) in [7, 11) is 0. The second-order valence-corrected chi connectivity index (χ2v) is 11.9. The fraction of sp³-hybridized carbons (Fsp3) is 0.0952. The van der Waals surface area contributed by atoms with Gasteiger partial charge in [-0.05, 0) is 96.5 Å². The Morgan fingerprint density at radius 2 is 0.756 bits per heavy atom. The number of ketones is 2. The van der Waals surface area contributed by atoms with Gasteiger partial charge in [0.25, 0.3) is 0 Å². The molecule has 7 rings (SSSR count). The summed E-state index contributed by atoms with van der Waals surface area (Å²) in [5.41, 5.74) is 12.5. The molecule has 1 aromatic heterocycles. The van der Waals surface area contributed by atoms with Crippen LogP contribution < -0.4 is 0 Å². The zero-order chi connectivity index (χ0) is 31.2. The lowest BCUT2D eigenvalue weighted by atomic mass is 9.93. The topological polar surface area (TPSA) is 47.3 Å². The molecule has 218 valence electrons. The highest BCUT2D eigenvalue weighted by Crippen LogP contribution is 2.35. The van der Waals surface area contributed by atoms with Crippen molar-refractivity contribution < 1.29 is 14.0 Å². The smallest absolute Gasteiger partial charge is 0.193 e. The van der Waals surface area contributed by atoms with Crippen molar-refractivity contribution in [3.8, 4) is 22.3 Å². The van der Waals surface area contributed by atoms with Crippen LogP contribution in [-0.2, 0) is 0 Å². The van der Waals surface area contributed by atoms with Crippen molar-refractivity contribution in [1.29, 1.82) is 0 Å². The van der Waals surface area contributed by atoms with Gasteiger partial charge in [-0.15, -0.1) is 0 Å². The lowest BCUT2D eigenvalue weighted by Crippen LogP contribution is -2.05. The summed E-state index contributed by atoms with van der Waals surface area (Å²) >= 11 is 0. The molecule has 0 saturated carbocycles. The van der Waals surface area contributed by atoms with Crippen LogP contribution >= 0.6 is 0 Å². The molecule has 0 aliphatic carbocycles. The van der Waals surface area contributed by atoms with Crippen molar-refractivity contribution in [3.05, 3.63) is 166 Å². The Kier molecular flexibility index (Phi) is 7.02. The van der Waals surface area contributed by atoms with Gasteiger partial charge in [0.15, 0.2) is 11.6 Å². The van der Waals surface area contributed by atoms with E-state index in [-0.39, 0.29) is 11.6 Å². The van der Waals surface area contributed by atoms with Gasteiger partial charge in [0.05, 0.1) is 0 Å². The minimum absolute atomic E-state index is 0.0448. The zero-order valence-corrected chi connectivity index (χ0v) is 25.8. The summed E-state index contributed by atoms with van der Waals surface area (Å²) in [5.74, 6) is 0.0897. The van der Waals surface area contributed by atoms with Crippen molar-refractivity contribution >= 4 is 33.5 Å². The summed E-state index contributed by atoms with van der Waals surface area (Å²) in [6, 6.07) is 40.0. The highest BCUT2D eigenvalue weighted by Gasteiger charge is 2.17. The average molecular weight is 585 g/mol. The van der Waals surface area contributed by atoms with Gasteiger partial charge in [-0.1, -0.05) is 97.1 Å². The fourth-order valence-corrected chi connectivity index (χ4v) is 6.28. The third kappa shape index (κ3) is 5.07. The van der Waals surface area contributed by atoms with Crippen LogP contribution in [-0.4, -0.2) is 11.6 Å².